The molecule has 0 heterocycles. The van der Waals surface area contributed by atoms with E-state index in [9.17, 15) is 4.79 Å². The Balaban J connectivity index is 3.55. The van der Waals surface area contributed by atoms with E-state index in [0.717, 1.165) is 30.8 Å². The van der Waals surface area contributed by atoms with Crippen molar-refractivity contribution >= 4 is 17.7 Å². The van der Waals surface area contributed by atoms with Crippen LogP contribution in [0, 0.1) is 0 Å². The normalized spacial score (nSPS) is 14.4. The maximum Gasteiger partial charge on any atom is 0.325 e. The Labute approximate surface area is 108 Å². The van der Waals surface area contributed by atoms with Crippen molar-refractivity contribution in [2.24, 2.45) is 5.73 Å². The highest BCUT2D eigenvalue weighted by Gasteiger charge is 2.28. The second-order valence-corrected chi connectivity index (χ2v) is 5.51. The van der Waals surface area contributed by atoms with E-state index in [1.165, 1.54) is 0 Å². The van der Waals surface area contributed by atoms with Crippen LogP contribution in [-0.2, 0) is 9.53 Å². The topological polar surface area (TPSA) is 72.5 Å². The van der Waals surface area contributed by atoms with Gasteiger partial charge in [-0.3, -0.25) is 4.79 Å². The van der Waals surface area contributed by atoms with E-state index in [1.54, 1.807) is 13.8 Å². The molecule has 5 heteroatoms. The first-order valence-corrected chi connectivity index (χ1v) is 7.34. The van der Waals surface area contributed by atoms with Crippen molar-refractivity contribution in [3.05, 3.63) is 0 Å². The van der Waals surface area contributed by atoms with Crippen molar-refractivity contribution in [2.45, 2.75) is 45.1 Å². The third-order valence-electron chi connectivity index (χ3n) is 2.42. The molecule has 0 aliphatic heterocycles. The zero-order valence-corrected chi connectivity index (χ0v) is 11.7. The maximum absolute atomic E-state index is 11.5. The average molecular weight is 263 g/mol. The zero-order chi connectivity index (χ0) is 13.1. The maximum atomic E-state index is 11.5. The quantitative estimate of drug-likeness (QED) is 0.462. The van der Waals surface area contributed by atoms with Crippen LogP contribution in [0.3, 0.4) is 0 Å². The number of hydrogen-bond acceptors (Lipinski definition) is 5. The molecule has 0 fully saturated rings. The molecule has 0 spiro atoms. The number of thioether (sulfide) groups is 1. The number of hydrogen-bond donors (Lipinski definition) is 2. The lowest BCUT2D eigenvalue weighted by Crippen LogP contribution is -2.46. The summed E-state index contributed by atoms with van der Waals surface area (Å²) in [5.41, 5.74) is 5.04. The van der Waals surface area contributed by atoms with Gasteiger partial charge in [-0.15, -0.1) is 0 Å². The molecule has 0 amide bonds. The molecule has 0 aromatic carbocycles. The molecule has 0 saturated heterocycles. The molecule has 17 heavy (non-hydrogen) atoms. The van der Waals surface area contributed by atoms with E-state index in [-0.39, 0.29) is 12.6 Å². The Morgan fingerprint density at radius 2 is 2.00 bits per heavy atom. The number of nitrogens with two attached hydrogens (primary N) is 1. The van der Waals surface area contributed by atoms with Crippen LogP contribution < -0.4 is 5.73 Å². The highest BCUT2D eigenvalue weighted by atomic mass is 32.2. The van der Waals surface area contributed by atoms with Crippen LogP contribution in [0.2, 0.25) is 0 Å². The van der Waals surface area contributed by atoms with Gasteiger partial charge in [-0.1, -0.05) is 6.42 Å². The van der Waals surface area contributed by atoms with Gasteiger partial charge >= 0.3 is 5.97 Å². The van der Waals surface area contributed by atoms with Gasteiger partial charge in [0.25, 0.3) is 0 Å². The van der Waals surface area contributed by atoms with E-state index in [4.69, 9.17) is 15.6 Å². The lowest BCUT2D eigenvalue weighted by molar-refractivity contribution is -0.149. The first-order chi connectivity index (χ1) is 8.04. The van der Waals surface area contributed by atoms with Crippen molar-refractivity contribution in [3.8, 4) is 0 Å². The fraction of sp³-hybridized carbons (Fsp3) is 0.917. The molecule has 0 radical (unpaired) electrons. The number of aliphatic hydroxyl groups is 1. The summed E-state index contributed by atoms with van der Waals surface area (Å²) < 4.78 is 4.92. The molecule has 102 valence electrons. The first-order valence-electron chi connectivity index (χ1n) is 6.19. The highest BCUT2D eigenvalue weighted by Crippen LogP contribution is 2.15. The second kappa shape index (κ2) is 9.74. The Morgan fingerprint density at radius 1 is 1.35 bits per heavy atom. The molecule has 0 bridgehead atoms. The minimum atomic E-state index is -0.855. The number of carbonyl (C=O) groups is 1. The third kappa shape index (κ3) is 8.46. The Morgan fingerprint density at radius 3 is 2.59 bits per heavy atom. The zero-order valence-electron chi connectivity index (χ0n) is 10.9. The predicted molar refractivity (Wildman–Crippen MR) is 72.1 cm³/mol. The average Bonchev–Trinajstić information content (AvgIpc) is 2.28. The summed E-state index contributed by atoms with van der Waals surface area (Å²) in [6, 6.07) is 0. The number of unbranched alkanes of at least 4 members (excludes halogenated alkanes) is 1. The van der Waals surface area contributed by atoms with Crippen molar-refractivity contribution < 1.29 is 14.6 Å². The molecule has 0 aliphatic carbocycles. The van der Waals surface area contributed by atoms with E-state index in [2.05, 4.69) is 0 Å². The monoisotopic (exact) mass is 263 g/mol. The molecule has 3 N–H and O–H groups in total. The number of ether oxygens (including phenoxy) is 1. The van der Waals surface area contributed by atoms with Crippen LogP contribution >= 0.6 is 11.8 Å². The van der Waals surface area contributed by atoms with Gasteiger partial charge in [0.1, 0.15) is 5.54 Å². The molecule has 0 aromatic heterocycles. The van der Waals surface area contributed by atoms with E-state index < -0.39 is 5.54 Å². The van der Waals surface area contributed by atoms with Crippen molar-refractivity contribution in [3.63, 3.8) is 0 Å². The molecule has 0 saturated carbocycles. The highest BCUT2D eigenvalue weighted by molar-refractivity contribution is 7.99. The van der Waals surface area contributed by atoms with Gasteiger partial charge in [-0.2, -0.15) is 11.8 Å². The smallest absolute Gasteiger partial charge is 0.325 e. The molecule has 0 rings (SSSR count). The predicted octanol–water partition coefficient (Wildman–Crippen LogP) is 1.55. The van der Waals surface area contributed by atoms with E-state index in [0.29, 0.717) is 13.0 Å². The summed E-state index contributed by atoms with van der Waals surface area (Å²) in [5, 5.41) is 8.61. The van der Waals surface area contributed by atoms with Crippen molar-refractivity contribution in [2.75, 3.05) is 24.7 Å². The summed E-state index contributed by atoms with van der Waals surface area (Å²) in [5.74, 6) is 1.74. The summed E-state index contributed by atoms with van der Waals surface area (Å²) in [4.78, 5) is 11.5. The van der Waals surface area contributed by atoms with Gasteiger partial charge in [-0.25, -0.2) is 0 Å². The number of aliphatic hydroxyl groups excluding tert-OH is 1. The third-order valence-corrected chi connectivity index (χ3v) is 3.58. The molecule has 1 atom stereocenters. The van der Waals surface area contributed by atoms with Crippen LogP contribution in [0.15, 0.2) is 0 Å². The Kier molecular flexibility index (Phi) is 9.59. The van der Waals surface area contributed by atoms with Gasteiger partial charge in [-0.05, 0) is 44.6 Å². The van der Waals surface area contributed by atoms with E-state index in [1.807, 2.05) is 11.8 Å². The van der Waals surface area contributed by atoms with Crippen molar-refractivity contribution in [1.82, 2.24) is 0 Å². The van der Waals surface area contributed by atoms with Gasteiger partial charge in [0.2, 0.25) is 0 Å². The lowest BCUT2D eigenvalue weighted by Gasteiger charge is -2.21. The van der Waals surface area contributed by atoms with Gasteiger partial charge in [0, 0.05) is 6.61 Å². The van der Waals surface area contributed by atoms with Crippen LogP contribution in [-0.4, -0.2) is 41.3 Å². The largest absolute Gasteiger partial charge is 0.465 e. The molecule has 0 aromatic rings. The van der Waals surface area contributed by atoms with Gasteiger partial charge in [0.15, 0.2) is 0 Å². The molecule has 1 unspecified atom stereocenters. The molecule has 4 nitrogen and oxygen atoms in total. The Bertz CT molecular complexity index is 210. The second-order valence-electron chi connectivity index (χ2n) is 4.28. The van der Waals surface area contributed by atoms with Crippen LogP contribution in [0.25, 0.3) is 0 Å². The van der Waals surface area contributed by atoms with Crippen LogP contribution in [0.4, 0.5) is 0 Å². The fourth-order valence-corrected chi connectivity index (χ4v) is 2.31. The Hall–Kier alpha value is -0.260. The molecular formula is C12H25NO3S. The number of rotatable bonds is 10. The summed E-state index contributed by atoms with van der Waals surface area (Å²) in [7, 11) is 0. The van der Waals surface area contributed by atoms with Crippen LogP contribution in [0.1, 0.15) is 39.5 Å². The number of carbonyl (C=O) groups excluding carboxylic acids is 1. The summed E-state index contributed by atoms with van der Waals surface area (Å²) in [6.07, 6.45) is 3.48. The van der Waals surface area contributed by atoms with Crippen molar-refractivity contribution in [1.29, 1.82) is 0 Å². The molecule has 0 aliphatic rings. The fourth-order valence-electron chi connectivity index (χ4n) is 1.36. The lowest BCUT2D eigenvalue weighted by atomic mass is 9.96. The first kappa shape index (κ1) is 16.7. The summed E-state index contributed by atoms with van der Waals surface area (Å²) in [6.45, 7) is 4.15. The minimum absolute atomic E-state index is 0.261. The standard InChI is InChI=1S/C12H25NO3S/c1-3-16-11(15)12(2,13)7-4-5-9-17-10-6-8-14/h14H,3-10,13H2,1-2H3. The van der Waals surface area contributed by atoms with Crippen LogP contribution in [0.5, 0.6) is 0 Å². The molecular weight excluding hydrogens is 238 g/mol. The van der Waals surface area contributed by atoms with Gasteiger partial charge in [0.05, 0.1) is 6.61 Å². The van der Waals surface area contributed by atoms with Gasteiger partial charge < -0.3 is 15.6 Å². The number of esters is 1. The minimum Gasteiger partial charge on any atom is -0.465 e. The SMILES string of the molecule is CCOC(=O)C(C)(N)CCCCSCCCO. The van der Waals surface area contributed by atoms with E-state index >= 15 is 0 Å². The summed E-state index contributed by atoms with van der Waals surface area (Å²) >= 11 is 1.83.